The van der Waals surface area contributed by atoms with Gasteiger partial charge in [0.1, 0.15) is 11.0 Å². The minimum Gasteiger partial charge on any atom is -0.246 e. The Labute approximate surface area is 142 Å². The zero-order valence-electron chi connectivity index (χ0n) is 12.1. The summed E-state index contributed by atoms with van der Waals surface area (Å²) in [5, 5.41) is 6.27. The van der Waals surface area contributed by atoms with Crippen LogP contribution in [0.25, 0.3) is 11.0 Å². The topological polar surface area (TPSA) is 83.3 Å². The summed E-state index contributed by atoms with van der Waals surface area (Å²) in [4.78, 5) is -0.124. The Morgan fingerprint density at radius 3 is 2.00 bits per heavy atom. The number of nitrogens with zero attached hydrogens (tertiary/aromatic N) is 3. The van der Waals surface area contributed by atoms with Crippen molar-refractivity contribution in [3.05, 3.63) is 24.3 Å². The highest BCUT2D eigenvalue weighted by Crippen LogP contribution is 2.53. The largest absolute Gasteiger partial charge is 0.474 e. The first-order valence-electron chi connectivity index (χ1n) is 6.18. The van der Waals surface area contributed by atoms with E-state index < -0.39 is 34.5 Å². The van der Waals surface area contributed by atoms with Crippen LogP contribution in [0.5, 0.6) is 0 Å². The molecule has 0 saturated heterocycles. The molecule has 0 atom stereocenters. The fourth-order valence-electron chi connectivity index (χ4n) is 1.55. The van der Waals surface area contributed by atoms with Crippen LogP contribution in [0.4, 0.5) is 39.5 Å². The van der Waals surface area contributed by atoms with E-state index in [-0.39, 0.29) is 15.9 Å². The molecule has 0 amide bonds. The van der Waals surface area contributed by atoms with E-state index in [0.29, 0.717) is 0 Å². The van der Waals surface area contributed by atoms with Gasteiger partial charge in [-0.25, -0.2) is 4.28 Å². The monoisotopic (exact) mass is 433 g/mol. The standard InChI is InChI=1S/C10H4F9N3O4S/c11-7(12,9(15,16)17)8(13,14)10(18,19)25-27(23,24)26-22-6-4-2-1-3-5(6)20-21-22/h1-4H. The molecule has 0 saturated carbocycles. The molecule has 1 aromatic carbocycles. The summed E-state index contributed by atoms with van der Waals surface area (Å²) in [6.07, 6.45) is -14.0. The van der Waals surface area contributed by atoms with Gasteiger partial charge in [0.2, 0.25) is 0 Å². The van der Waals surface area contributed by atoms with E-state index in [0.717, 1.165) is 6.07 Å². The maximum Gasteiger partial charge on any atom is 0.474 e. The lowest BCUT2D eigenvalue weighted by Crippen LogP contribution is -2.62. The Morgan fingerprint density at radius 1 is 0.889 bits per heavy atom. The summed E-state index contributed by atoms with van der Waals surface area (Å²) in [6, 6.07) is 4.92. The molecule has 2 rings (SSSR count). The van der Waals surface area contributed by atoms with Crippen molar-refractivity contribution in [3.8, 4) is 0 Å². The molecular formula is C10H4F9N3O4S. The molecule has 0 aliphatic rings. The number of hydrogen-bond acceptors (Lipinski definition) is 6. The summed E-state index contributed by atoms with van der Waals surface area (Å²) in [7, 11) is -6.31. The van der Waals surface area contributed by atoms with Crippen molar-refractivity contribution in [1.82, 2.24) is 15.2 Å². The lowest BCUT2D eigenvalue weighted by molar-refractivity contribution is -0.428. The predicted octanol–water partition coefficient (Wildman–Crippen LogP) is 2.55. The molecule has 0 radical (unpaired) electrons. The van der Waals surface area contributed by atoms with Gasteiger partial charge >= 0.3 is 34.5 Å². The molecule has 1 aromatic heterocycles. The highest BCUT2D eigenvalue weighted by atomic mass is 32.3. The molecule has 0 aliphatic heterocycles. The Kier molecular flexibility index (Phi) is 4.75. The lowest BCUT2D eigenvalue weighted by Gasteiger charge is -2.32. The van der Waals surface area contributed by atoms with Gasteiger partial charge in [-0.15, -0.1) is 5.10 Å². The van der Waals surface area contributed by atoms with Crippen LogP contribution in [-0.4, -0.2) is 47.7 Å². The molecule has 7 nitrogen and oxygen atoms in total. The van der Waals surface area contributed by atoms with E-state index in [1.165, 1.54) is 18.2 Å². The van der Waals surface area contributed by atoms with Crippen molar-refractivity contribution in [2.45, 2.75) is 24.1 Å². The van der Waals surface area contributed by atoms with Gasteiger partial charge in [-0.05, 0) is 17.3 Å². The molecular weight excluding hydrogens is 429 g/mol. The second kappa shape index (κ2) is 6.11. The minimum atomic E-state index is -7.33. The maximum atomic E-state index is 13.2. The fraction of sp³-hybridized carbons (Fsp3) is 0.400. The van der Waals surface area contributed by atoms with Crippen LogP contribution < -0.4 is 4.28 Å². The van der Waals surface area contributed by atoms with Crippen molar-refractivity contribution >= 4 is 21.4 Å². The molecule has 17 heteroatoms. The number of rotatable bonds is 6. The van der Waals surface area contributed by atoms with Gasteiger partial charge < -0.3 is 0 Å². The van der Waals surface area contributed by atoms with E-state index in [4.69, 9.17) is 0 Å². The maximum absolute atomic E-state index is 13.2. The predicted molar refractivity (Wildman–Crippen MR) is 65.0 cm³/mol. The molecule has 0 unspecified atom stereocenters. The first kappa shape index (κ1) is 21.0. The van der Waals surface area contributed by atoms with Gasteiger partial charge in [0.05, 0.1) is 0 Å². The molecule has 0 aliphatic carbocycles. The van der Waals surface area contributed by atoms with Crippen molar-refractivity contribution < 1.29 is 56.4 Å². The molecule has 1 heterocycles. The van der Waals surface area contributed by atoms with Gasteiger partial charge in [-0.1, -0.05) is 17.0 Å². The van der Waals surface area contributed by atoms with Crippen molar-refractivity contribution in [3.63, 3.8) is 0 Å². The van der Waals surface area contributed by atoms with Crippen LogP contribution in [0.1, 0.15) is 0 Å². The lowest BCUT2D eigenvalue weighted by atomic mass is 10.1. The van der Waals surface area contributed by atoms with Crippen LogP contribution in [-0.2, 0) is 14.6 Å². The smallest absolute Gasteiger partial charge is 0.246 e. The molecule has 2 aromatic rings. The Hall–Kier alpha value is -2.30. The summed E-state index contributed by atoms with van der Waals surface area (Å²) in [6.45, 7) is 0. The molecule has 27 heavy (non-hydrogen) atoms. The van der Waals surface area contributed by atoms with Crippen LogP contribution in [0, 0.1) is 0 Å². The zero-order chi connectivity index (χ0) is 20.9. The average Bonchev–Trinajstić information content (AvgIpc) is 2.87. The fourth-order valence-corrected chi connectivity index (χ4v) is 2.22. The molecule has 0 N–H and O–H groups in total. The third-order valence-electron chi connectivity index (χ3n) is 2.81. The van der Waals surface area contributed by atoms with Gasteiger partial charge in [0, 0.05) is 0 Å². The summed E-state index contributed by atoms with van der Waals surface area (Å²) in [5.41, 5.74) is -0.395. The summed E-state index contributed by atoms with van der Waals surface area (Å²) in [5.74, 6) is -14.6. The number of benzene rings is 1. The number of halogens is 9. The number of alkyl halides is 9. The van der Waals surface area contributed by atoms with Gasteiger partial charge in [0.15, 0.2) is 0 Å². The normalized spacial score (nSPS) is 14.6. The Bertz CT molecular complexity index is 941. The van der Waals surface area contributed by atoms with Crippen LogP contribution in [0.2, 0.25) is 0 Å². The second-order valence-electron chi connectivity index (χ2n) is 4.68. The van der Waals surface area contributed by atoms with Gasteiger partial charge in [-0.3, -0.25) is 0 Å². The quantitative estimate of drug-likeness (QED) is 0.652. The molecule has 0 bridgehead atoms. The highest BCUT2D eigenvalue weighted by Gasteiger charge is 2.83. The van der Waals surface area contributed by atoms with Crippen molar-refractivity contribution in [1.29, 1.82) is 0 Å². The second-order valence-corrected chi connectivity index (χ2v) is 5.81. The van der Waals surface area contributed by atoms with E-state index in [1.807, 2.05) is 0 Å². The van der Waals surface area contributed by atoms with Crippen molar-refractivity contribution in [2.75, 3.05) is 0 Å². The third kappa shape index (κ3) is 3.60. The van der Waals surface area contributed by atoms with E-state index >= 15 is 0 Å². The van der Waals surface area contributed by atoms with Crippen LogP contribution >= 0.6 is 0 Å². The van der Waals surface area contributed by atoms with Gasteiger partial charge in [0.25, 0.3) is 0 Å². The SMILES string of the molecule is O=S(=O)(On1nnc2ccccc21)OC(F)(F)C(F)(F)C(F)(F)C(F)(F)F. The van der Waals surface area contributed by atoms with Crippen LogP contribution in [0.15, 0.2) is 24.3 Å². The zero-order valence-corrected chi connectivity index (χ0v) is 12.9. The molecule has 0 spiro atoms. The van der Waals surface area contributed by atoms with Crippen molar-refractivity contribution in [2.24, 2.45) is 0 Å². The Balaban J connectivity index is 2.32. The van der Waals surface area contributed by atoms with E-state index in [9.17, 15) is 47.9 Å². The first-order valence-corrected chi connectivity index (χ1v) is 7.51. The van der Waals surface area contributed by atoms with E-state index in [2.05, 4.69) is 18.8 Å². The minimum absolute atomic E-state index is 0.0756. The average molecular weight is 433 g/mol. The van der Waals surface area contributed by atoms with E-state index in [1.54, 1.807) is 0 Å². The summed E-state index contributed by atoms with van der Waals surface area (Å²) >= 11 is 0. The number of para-hydroxylation sites is 1. The first-order chi connectivity index (χ1) is 12.0. The number of aromatic nitrogens is 3. The molecule has 152 valence electrons. The van der Waals surface area contributed by atoms with Crippen LogP contribution in [0.3, 0.4) is 0 Å². The number of fused-ring (bicyclic) bond motifs is 1. The molecule has 0 fully saturated rings. The summed E-state index contributed by atoms with van der Waals surface area (Å²) < 4.78 is 143. The third-order valence-corrected chi connectivity index (χ3v) is 3.54. The Morgan fingerprint density at radius 2 is 1.44 bits per heavy atom. The number of hydrogen-bond donors (Lipinski definition) is 0. The van der Waals surface area contributed by atoms with Gasteiger partial charge in [-0.2, -0.15) is 52.1 Å². The highest BCUT2D eigenvalue weighted by molar-refractivity contribution is 7.82.